The Morgan fingerprint density at radius 2 is 2.11 bits per heavy atom. The zero-order valence-electron chi connectivity index (χ0n) is 20.4. The molecular formula is C28H27F2N5O2. The van der Waals surface area contributed by atoms with Crippen molar-refractivity contribution in [3.63, 3.8) is 0 Å². The van der Waals surface area contributed by atoms with Crippen molar-refractivity contribution in [2.75, 3.05) is 25.0 Å². The number of hydrogen-bond acceptors (Lipinski definition) is 5. The van der Waals surface area contributed by atoms with Gasteiger partial charge in [0.05, 0.1) is 5.56 Å². The van der Waals surface area contributed by atoms with Gasteiger partial charge in [-0.15, -0.1) is 0 Å². The van der Waals surface area contributed by atoms with E-state index in [1.807, 2.05) is 6.07 Å². The van der Waals surface area contributed by atoms with Gasteiger partial charge in [0.1, 0.15) is 17.6 Å². The van der Waals surface area contributed by atoms with Gasteiger partial charge in [-0.1, -0.05) is 30.2 Å². The van der Waals surface area contributed by atoms with Crippen LogP contribution in [0.15, 0.2) is 64.1 Å². The highest BCUT2D eigenvalue weighted by Gasteiger charge is 2.33. The van der Waals surface area contributed by atoms with Crippen molar-refractivity contribution in [1.82, 2.24) is 9.88 Å². The highest BCUT2D eigenvalue weighted by molar-refractivity contribution is 6.03. The van der Waals surface area contributed by atoms with Crippen LogP contribution in [0, 0.1) is 11.8 Å². The largest absolute Gasteiger partial charge is 0.464 e. The molecule has 0 saturated carbocycles. The van der Waals surface area contributed by atoms with Crippen molar-refractivity contribution in [1.29, 1.82) is 0 Å². The molecule has 1 aliphatic carbocycles. The van der Waals surface area contributed by atoms with Crippen LogP contribution in [-0.2, 0) is 4.79 Å². The molecular weight excluding hydrogens is 476 g/mol. The fraction of sp³-hybridized carbons (Fsp3) is 0.321. The third-order valence-corrected chi connectivity index (χ3v) is 6.48. The number of rotatable bonds is 5. The average molecular weight is 504 g/mol. The number of benzene rings is 1. The van der Waals surface area contributed by atoms with Crippen LogP contribution >= 0.6 is 0 Å². The molecule has 3 heterocycles. The minimum atomic E-state index is -2.53. The first-order valence-electron chi connectivity index (χ1n) is 12.2. The number of aromatic amines is 1. The number of likely N-dealkylation sites (tertiary alicyclic amines) is 1. The molecule has 9 heteroatoms. The molecule has 5 rings (SSSR count). The molecule has 1 saturated heterocycles. The van der Waals surface area contributed by atoms with Gasteiger partial charge in [-0.05, 0) is 48.6 Å². The first-order chi connectivity index (χ1) is 17.9. The van der Waals surface area contributed by atoms with Crippen molar-refractivity contribution in [2.24, 2.45) is 9.98 Å². The second kappa shape index (κ2) is 10.5. The fourth-order valence-electron chi connectivity index (χ4n) is 4.50. The molecule has 1 atom stereocenters. The Kier molecular flexibility index (Phi) is 7.01. The third kappa shape index (κ3) is 6.04. The number of carbonyl (C=O) groups excluding carboxylic acids is 1. The Bertz CT molecular complexity index is 1470. The number of fused-ring (bicyclic) bond motifs is 1. The standard InChI is InChI=1S/C28H27F2N5O2/c1-2-4-25(36)33-21-5-3-6-22(15-21)37-27-23-16-24(34-26(23)31-18-32-27)20-9-7-19(8-10-20)17-35-13-11-28(29,30)12-14-35/h3,5-9,15-16,18,27H,10-14,17H2,1H3,(H,33,36)(H,31,32,34). The molecule has 1 fully saturated rings. The number of allylic oxidation sites excluding steroid dienone is 2. The molecule has 2 N–H and O–H groups in total. The summed E-state index contributed by atoms with van der Waals surface area (Å²) in [4.78, 5) is 26.0. The van der Waals surface area contributed by atoms with E-state index in [4.69, 9.17) is 4.74 Å². The van der Waals surface area contributed by atoms with Gasteiger partial charge >= 0.3 is 0 Å². The SMILES string of the molecule is CC#CC(=O)Nc1cccc(OC2N=CN=c3[nH]c(=C4C=CC(CN5CCC(F)(F)CC5)=CC4)cc32)c1. The first kappa shape index (κ1) is 24.7. The molecule has 190 valence electrons. The maximum absolute atomic E-state index is 13.4. The van der Waals surface area contributed by atoms with E-state index in [0.29, 0.717) is 36.6 Å². The lowest BCUT2D eigenvalue weighted by atomic mass is 10.00. The average Bonchev–Trinajstić information content (AvgIpc) is 3.32. The van der Waals surface area contributed by atoms with E-state index in [-0.39, 0.29) is 18.7 Å². The van der Waals surface area contributed by atoms with Crippen LogP contribution in [0.2, 0.25) is 0 Å². The van der Waals surface area contributed by atoms with Gasteiger partial charge in [-0.3, -0.25) is 9.69 Å². The Balaban J connectivity index is 1.27. The molecule has 2 aromatic rings. The number of hydrogen-bond donors (Lipinski definition) is 2. The minimum Gasteiger partial charge on any atom is -0.464 e. The van der Waals surface area contributed by atoms with Crippen molar-refractivity contribution in [2.45, 2.75) is 38.3 Å². The molecule has 1 aromatic carbocycles. The zero-order valence-corrected chi connectivity index (χ0v) is 20.4. The number of alkyl halides is 2. The number of halogens is 2. The van der Waals surface area contributed by atoms with Crippen molar-refractivity contribution in [3.8, 4) is 17.6 Å². The number of carbonyl (C=O) groups is 1. The van der Waals surface area contributed by atoms with Crippen LogP contribution < -0.4 is 20.9 Å². The number of amides is 1. The minimum absolute atomic E-state index is 0.0727. The van der Waals surface area contributed by atoms with Crippen LogP contribution in [0.4, 0.5) is 14.5 Å². The number of nitrogens with zero attached hydrogens (tertiary/aromatic N) is 3. The molecule has 37 heavy (non-hydrogen) atoms. The van der Waals surface area contributed by atoms with Gasteiger partial charge in [-0.2, -0.15) is 0 Å². The summed E-state index contributed by atoms with van der Waals surface area (Å²) in [5, 5.41) is 3.64. The summed E-state index contributed by atoms with van der Waals surface area (Å²) in [6.07, 6.45) is 7.72. The lowest BCUT2D eigenvalue weighted by Crippen LogP contribution is -2.40. The maximum atomic E-state index is 13.4. The summed E-state index contributed by atoms with van der Waals surface area (Å²) in [6.45, 7) is 3.13. The highest BCUT2D eigenvalue weighted by Crippen LogP contribution is 2.29. The van der Waals surface area contributed by atoms with Gasteiger partial charge < -0.3 is 15.0 Å². The zero-order chi connectivity index (χ0) is 25.8. The van der Waals surface area contributed by atoms with Gasteiger partial charge in [0.2, 0.25) is 6.23 Å². The fourth-order valence-corrected chi connectivity index (χ4v) is 4.50. The quantitative estimate of drug-likeness (QED) is 0.613. The maximum Gasteiger partial charge on any atom is 0.300 e. The third-order valence-electron chi connectivity index (χ3n) is 6.48. The first-order valence-corrected chi connectivity index (χ1v) is 12.2. The Morgan fingerprint density at radius 1 is 1.27 bits per heavy atom. The number of anilines is 1. The number of aliphatic imine (C=N–C) groups is 1. The van der Waals surface area contributed by atoms with Crippen molar-refractivity contribution >= 4 is 23.5 Å². The van der Waals surface area contributed by atoms with Crippen LogP contribution in [0.3, 0.4) is 0 Å². The van der Waals surface area contributed by atoms with E-state index >= 15 is 0 Å². The lowest BCUT2D eigenvalue weighted by molar-refractivity contribution is -0.111. The van der Waals surface area contributed by atoms with Crippen LogP contribution in [0.1, 0.15) is 38.0 Å². The Labute approximate surface area is 213 Å². The summed E-state index contributed by atoms with van der Waals surface area (Å²) >= 11 is 0. The van der Waals surface area contributed by atoms with E-state index < -0.39 is 12.2 Å². The second-order valence-corrected chi connectivity index (χ2v) is 9.18. The molecule has 1 aromatic heterocycles. The van der Waals surface area contributed by atoms with Crippen molar-refractivity contribution in [3.05, 3.63) is 70.5 Å². The van der Waals surface area contributed by atoms with Gasteiger partial charge in [0.25, 0.3) is 11.8 Å². The van der Waals surface area contributed by atoms with Crippen LogP contribution in [0.25, 0.3) is 5.57 Å². The van der Waals surface area contributed by atoms with Gasteiger partial charge in [0.15, 0.2) is 0 Å². The molecule has 1 unspecified atom stereocenters. The summed E-state index contributed by atoms with van der Waals surface area (Å²) in [5.74, 6) is 2.64. The Hall–Kier alpha value is -4.03. The number of aromatic nitrogens is 1. The van der Waals surface area contributed by atoms with Gasteiger partial charge in [-0.25, -0.2) is 18.8 Å². The second-order valence-electron chi connectivity index (χ2n) is 9.18. The van der Waals surface area contributed by atoms with Crippen LogP contribution in [0.5, 0.6) is 5.75 Å². The molecule has 1 amide bonds. The predicted octanol–water partition coefficient (Wildman–Crippen LogP) is 3.48. The smallest absolute Gasteiger partial charge is 0.300 e. The molecule has 3 aliphatic rings. The van der Waals surface area contributed by atoms with E-state index in [0.717, 1.165) is 28.5 Å². The molecule has 7 nitrogen and oxygen atoms in total. The van der Waals surface area contributed by atoms with Crippen molar-refractivity contribution < 1.29 is 18.3 Å². The number of nitrogens with one attached hydrogen (secondary N) is 2. The number of piperidine rings is 1. The highest BCUT2D eigenvalue weighted by atomic mass is 19.3. The summed E-state index contributed by atoms with van der Waals surface area (Å²) in [5.41, 5.74) is 4.31. The lowest BCUT2D eigenvalue weighted by Gasteiger charge is -2.32. The van der Waals surface area contributed by atoms with E-state index in [1.54, 1.807) is 31.2 Å². The van der Waals surface area contributed by atoms with E-state index in [1.165, 1.54) is 6.34 Å². The summed E-state index contributed by atoms with van der Waals surface area (Å²) < 4.78 is 33.0. The predicted molar refractivity (Wildman–Crippen MR) is 138 cm³/mol. The molecule has 0 bridgehead atoms. The van der Waals surface area contributed by atoms with Gasteiger partial charge in [0, 0.05) is 49.6 Å². The normalized spacial score (nSPS) is 21.7. The van der Waals surface area contributed by atoms with E-state index in [9.17, 15) is 13.6 Å². The topological polar surface area (TPSA) is 82.1 Å². The molecule has 0 spiro atoms. The molecule has 2 aliphatic heterocycles. The monoisotopic (exact) mass is 503 g/mol. The Morgan fingerprint density at radius 3 is 2.86 bits per heavy atom. The summed E-state index contributed by atoms with van der Waals surface area (Å²) in [7, 11) is 0. The van der Waals surface area contributed by atoms with E-state index in [2.05, 4.69) is 55.3 Å². The number of H-pyrrole nitrogens is 1. The summed E-state index contributed by atoms with van der Waals surface area (Å²) in [6, 6.07) is 9.05. The molecule has 0 radical (unpaired) electrons. The number of ether oxygens (including phenoxy) is 1. The van der Waals surface area contributed by atoms with Crippen LogP contribution in [-0.4, -0.2) is 47.7 Å².